The van der Waals surface area contributed by atoms with Gasteiger partial charge in [0.05, 0.1) is 23.2 Å². The van der Waals surface area contributed by atoms with Crippen LogP contribution in [0.15, 0.2) is 36.4 Å². The van der Waals surface area contributed by atoms with Crippen LogP contribution in [-0.2, 0) is 12.4 Å². The molecule has 2 heterocycles. The first-order chi connectivity index (χ1) is 16.4. The van der Waals surface area contributed by atoms with Crippen LogP contribution in [0.4, 0.5) is 35.5 Å². The maximum Gasteiger partial charge on any atom is 0.416 e. The van der Waals surface area contributed by atoms with Crippen molar-refractivity contribution in [1.82, 2.24) is 15.1 Å². The monoisotopic (exact) mass is 503 g/mol. The highest BCUT2D eigenvalue weighted by molar-refractivity contribution is 5.76. The number of urea groups is 1. The lowest BCUT2D eigenvalue weighted by Crippen LogP contribution is -2.53. The van der Waals surface area contributed by atoms with Crippen LogP contribution >= 0.6 is 0 Å². The lowest BCUT2D eigenvalue weighted by molar-refractivity contribution is -0.143. The highest BCUT2D eigenvalue weighted by atomic mass is 19.4. The molecule has 2 atom stereocenters. The number of hydrogen-bond donors (Lipinski definition) is 1. The Morgan fingerprint density at radius 2 is 1.54 bits per heavy atom. The van der Waals surface area contributed by atoms with Crippen LogP contribution in [0.5, 0.6) is 0 Å². The fourth-order valence-electron chi connectivity index (χ4n) is 4.90. The van der Waals surface area contributed by atoms with Crippen molar-refractivity contribution in [3.63, 3.8) is 0 Å². The number of rotatable bonds is 2. The number of alkyl halides is 6. The van der Waals surface area contributed by atoms with Crippen molar-refractivity contribution < 1.29 is 35.5 Å². The predicted molar refractivity (Wildman–Crippen MR) is 114 cm³/mol. The first-order valence-electron chi connectivity index (χ1n) is 11.2. The second kappa shape index (κ2) is 9.33. The number of halogens is 7. The molecule has 11 heteroatoms. The van der Waals surface area contributed by atoms with E-state index in [1.807, 2.05) is 0 Å². The van der Waals surface area contributed by atoms with Crippen molar-refractivity contribution in [1.29, 1.82) is 0 Å². The van der Waals surface area contributed by atoms with Crippen LogP contribution in [0.3, 0.4) is 0 Å². The van der Waals surface area contributed by atoms with Gasteiger partial charge in [0.25, 0.3) is 0 Å². The molecule has 2 aliphatic heterocycles. The van der Waals surface area contributed by atoms with Gasteiger partial charge in [-0.15, -0.1) is 0 Å². The molecule has 0 aromatic heterocycles. The standard InChI is InChI=1S/C24H24F7N3O/c1-14-9-18(25)4-5-19(14)21-13-32-6-8-34(21)22(35)33-7-2-3-20(33)15-10-16(23(26,27)28)12-17(11-15)24(29,30)31/h4-5,9-12,20-21,32H,2-3,6-8,13H2,1H3. The Balaban J connectivity index is 1.68. The quantitative estimate of drug-likeness (QED) is 0.505. The second-order valence-corrected chi connectivity index (χ2v) is 8.89. The summed E-state index contributed by atoms with van der Waals surface area (Å²) in [6.07, 6.45) is -9.24. The van der Waals surface area contributed by atoms with Crippen LogP contribution in [-0.4, -0.2) is 42.0 Å². The third-order valence-corrected chi connectivity index (χ3v) is 6.57. The summed E-state index contributed by atoms with van der Waals surface area (Å²) >= 11 is 0. The minimum Gasteiger partial charge on any atom is -0.318 e. The predicted octanol–water partition coefficient (Wildman–Crippen LogP) is 6.08. The number of likely N-dealkylation sites (tertiary alicyclic amines) is 1. The molecule has 0 bridgehead atoms. The normalized spacial score (nSPS) is 21.5. The molecule has 2 aliphatic rings. The average molecular weight is 503 g/mol. The molecule has 35 heavy (non-hydrogen) atoms. The van der Waals surface area contributed by atoms with Gasteiger partial charge in [-0.25, -0.2) is 9.18 Å². The van der Waals surface area contributed by atoms with Crippen molar-refractivity contribution in [3.05, 3.63) is 70.0 Å². The Labute approximate surface area is 197 Å². The number of amides is 2. The van der Waals surface area contributed by atoms with Gasteiger partial charge in [-0.3, -0.25) is 0 Å². The molecule has 0 saturated carbocycles. The van der Waals surface area contributed by atoms with E-state index in [0.717, 1.165) is 5.56 Å². The van der Waals surface area contributed by atoms with Crippen LogP contribution in [0.2, 0.25) is 0 Å². The number of nitrogens with one attached hydrogen (secondary N) is 1. The van der Waals surface area contributed by atoms with Gasteiger partial charge in [-0.2, -0.15) is 26.3 Å². The number of benzene rings is 2. The number of aryl methyl sites for hydroxylation is 1. The maximum atomic E-state index is 13.6. The lowest BCUT2D eigenvalue weighted by Gasteiger charge is -2.40. The molecule has 190 valence electrons. The summed E-state index contributed by atoms with van der Waals surface area (Å²) in [5.41, 5.74) is -1.63. The maximum absolute atomic E-state index is 13.6. The summed E-state index contributed by atoms with van der Waals surface area (Å²) < 4.78 is 93.9. The van der Waals surface area contributed by atoms with Crippen molar-refractivity contribution in [2.45, 2.75) is 44.2 Å². The number of piperazine rings is 1. The second-order valence-electron chi connectivity index (χ2n) is 8.89. The number of carbonyl (C=O) groups excluding carboxylic acids is 1. The molecule has 4 nitrogen and oxygen atoms in total. The van der Waals surface area contributed by atoms with E-state index in [1.165, 1.54) is 17.0 Å². The lowest BCUT2D eigenvalue weighted by atomic mass is 9.97. The van der Waals surface area contributed by atoms with Gasteiger partial charge >= 0.3 is 18.4 Å². The van der Waals surface area contributed by atoms with E-state index in [4.69, 9.17) is 0 Å². The summed E-state index contributed by atoms with van der Waals surface area (Å²) in [6, 6.07) is 3.89. The Morgan fingerprint density at radius 1 is 0.914 bits per heavy atom. The Kier molecular flexibility index (Phi) is 6.74. The molecule has 1 N–H and O–H groups in total. The summed E-state index contributed by atoms with van der Waals surface area (Å²) in [7, 11) is 0. The molecule has 2 amide bonds. The highest BCUT2D eigenvalue weighted by Crippen LogP contribution is 2.41. The fraction of sp³-hybridized carbons (Fsp3) is 0.458. The average Bonchev–Trinajstić information content (AvgIpc) is 3.27. The molecule has 0 radical (unpaired) electrons. The molecule has 2 unspecified atom stereocenters. The van der Waals surface area contributed by atoms with Gasteiger partial charge in [0, 0.05) is 26.2 Å². The van der Waals surface area contributed by atoms with E-state index in [2.05, 4.69) is 5.32 Å². The van der Waals surface area contributed by atoms with Crippen LogP contribution in [0, 0.1) is 12.7 Å². The largest absolute Gasteiger partial charge is 0.416 e. The molecule has 0 spiro atoms. The number of nitrogens with zero attached hydrogens (tertiary/aromatic N) is 2. The van der Waals surface area contributed by atoms with E-state index in [9.17, 15) is 35.5 Å². The van der Waals surface area contributed by atoms with E-state index in [-0.39, 0.29) is 24.6 Å². The van der Waals surface area contributed by atoms with Gasteiger partial charge in [-0.05, 0) is 66.8 Å². The van der Waals surface area contributed by atoms with Crippen LogP contribution in [0.25, 0.3) is 0 Å². The summed E-state index contributed by atoms with van der Waals surface area (Å²) in [5, 5.41) is 3.19. The SMILES string of the molecule is Cc1cc(F)ccc1C1CNCCN1C(=O)N1CCCC1c1cc(C(F)(F)F)cc(C(F)(F)F)c1. The smallest absolute Gasteiger partial charge is 0.318 e. The molecular weight excluding hydrogens is 479 g/mol. The van der Waals surface area contributed by atoms with Gasteiger partial charge in [0.15, 0.2) is 0 Å². The Hall–Kier alpha value is -2.82. The highest BCUT2D eigenvalue weighted by Gasteiger charge is 2.41. The van der Waals surface area contributed by atoms with Gasteiger partial charge in [0.2, 0.25) is 0 Å². The Morgan fingerprint density at radius 3 is 2.14 bits per heavy atom. The fourth-order valence-corrected chi connectivity index (χ4v) is 4.90. The minimum atomic E-state index is -4.97. The third kappa shape index (κ3) is 5.24. The zero-order valence-electron chi connectivity index (χ0n) is 18.8. The van der Waals surface area contributed by atoms with Crippen LogP contribution in [0.1, 0.15) is 52.7 Å². The van der Waals surface area contributed by atoms with Gasteiger partial charge in [0.1, 0.15) is 5.82 Å². The van der Waals surface area contributed by atoms with Crippen LogP contribution < -0.4 is 5.32 Å². The molecular formula is C24H24F7N3O. The minimum absolute atomic E-state index is 0.0915. The summed E-state index contributed by atoms with van der Waals surface area (Å²) in [6.45, 7) is 3.08. The van der Waals surface area contributed by atoms with E-state index >= 15 is 0 Å². The number of hydrogen-bond acceptors (Lipinski definition) is 2. The zero-order chi connectivity index (χ0) is 25.5. The molecule has 0 aliphatic carbocycles. The van der Waals surface area contributed by atoms with Gasteiger partial charge < -0.3 is 15.1 Å². The molecule has 4 rings (SSSR count). The molecule has 2 saturated heterocycles. The van der Waals surface area contributed by atoms with Crippen molar-refractivity contribution >= 4 is 6.03 Å². The van der Waals surface area contributed by atoms with E-state index in [1.54, 1.807) is 17.9 Å². The molecule has 2 aromatic rings. The Bertz CT molecular complexity index is 1070. The van der Waals surface area contributed by atoms with E-state index in [0.29, 0.717) is 43.8 Å². The first kappa shape index (κ1) is 25.3. The summed E-state index contributed by atoms with van der Waals surface area (Å²) in [4.78, 5) is 16.5. The van der Waals surface area contributed by atoms with Crippen molar-refractivity contribution in [2.75, 3.05) is 26.2 Å². The van der Waals surface area contributed by atoms with Crippen molar-refractivity contribution in [2.24, 2.45) is 0 Å². The first-order valence-corrected chi connectivity index (χ1v) is 11.2. The van der Waals surface area contributed by atoms with Crippen molar-refractivity contribution in [3.8, 4) is 0 Å². The van der Waals surface area contributed by atoms with Gasteiger partial charge in [-0.1, -0.05) is 6.07 Å². The molecule has 2 aromatic carbocycles. The number of carbonyl (C=O) groups is 1. The molecule has 2 fully saturated rings. The third-order valence-electron chi connectivity index (χ3n) is 6.57. The summed E-state index contributed by atoms with van der Waals surface area (Å²) in [5.74, 6) is -0.419. The topological polar surface area (TPSA) is 35.6 Å². The van der Waals surface area contributed by atoms with E-state index < -0.39 is 47.4 Å². The zero-order valence-corrected chi connectivity index (χ0v) is 18.8.